The summed E-state index contributed by atoms with van der Waals surface area (Å²) in [4.78, 5) is 14.5. The Balaban J connectivity index is 1.88. The Morgan fingerprint density at radius 3 is 2.35 bits per heavy atom. The molecule has 0 spiro atoms. The van der Waals surface area contributed by atoms with E-state index >= 15 is 0 Å². The fraction of sp³-hybridized carbons (Fsp3) is 0.190. The molecule has 1 aliphatic heterocycles. The molecule has 2 heteroatoms. The van der Waals surface area contributed by atoms with Gasteiger partial charge in [-0.3, -0.25) is 4.79 Å². The third-order valence-electron chi connectivity index (χ3n) is 4.46. The molecule has 0 atom stereocenters. The first-order valence-corrected chi connectivity index (χ1v) is 7.82. The third-order valence-corrected chi connectivity index (χ3v) is 4.46. The second-order valence-electron chi connectivity index (χ2n) is 6.38. The SMILES string of the molecule is CN1C(=CC(=O)C=Cc2ccccc2)C(C)(C)c2ccccc21. The monoisotopic (exact) mass is 303 g/mol. The highest BCUT2D eigenvalue weighted by molar-refractivity contribution is 6.03. The zero-order valence-electron chi connectivity index (χ0n) is 13.8. The van der Waals surface area contributed by atoms with Crippen molar-refractivity contribution in [3.63, 3.8) is 0 Å². The van der Waals surface area contributed by atoms with Crippen LogP contribution in [-0.4, -0.2) is 12.8 Å². The number of para-hydroxylation sites is 1. The molecule has 0 saturated carbocycles. The Labute approximate surface area is 137 Å². The molecule has 3 rings (SSSR count). The number of likely N-dealkylation sites (N-methyl/N-ethyl adjacent to an activating group) is 1. The topological polar surface area (TPSA) is 20.3 Å². The number of benzene rings is 2. The number of fused-ring (bicyclic) bond motifs is 1. The van der Waals surface area contributed by atoms with Crippen molar-refractivity contribution in [2.75, 3.05) is 11.9 Å². The number of allylic oxidation sites excluding steroid dienone is 3. The summed E-state index contributed by atoms with van der Waals surface area (Å²) >= 11 is 0. The predicted octanol–water partition coefficient (Wildman–Crippen LogP) is 4.58. The molecule has 0 bridgehead atoms. The molecule has 0 fully saturated rings. The molecule has 0 saturated heterocycles. The lowest BCUT2D eigenvalue weighted by Crippen LogP contribution is -2.23. The highest BCUT2D eigenvalue weighted by atomic mass is 16.1. The van der Waals surface area contributed by atoms with Crippen molar-refractivity contribution in [2.45, 2.75) is 19.3 Å². The molecule has 0 radical (unpaired) electrons. The van der Waals surface area contributed by atoms with Crippen molar-refractivity contribution in [1.29, 1.82) is 0 Å². The van der Waals surface area contributed by atoms with Crippen LogP contribution in [-0.2, 0) is 10.2 Å². The number of nitrogens with zero attached hydrogens (tertiary/aromatic N) is 1. The van der Waals surface area contributed by atoms with Gasteiger partial charge in [0.2, 0.25) is 0 Å². The Bertz CT molecular complexity index is 784. The van der Waals surface area contributed by atoms with Crippen LogP contribution >= 0.6 is 0 Å². The number of ketones is 1. The van der Waals surface area contributed by atoms with Gasteiger partial charge in [-0.1, -0.05) is 68.5 Å². The van der Waals surface area contributed by atoms with E-state index in [0.29, 0.717) is 0 Å². The highest BCUT2D eigenvalue weighted by Crippen LogP contribution is 2.46. The summed E-state index contributed by atoms with van der Waals surface area (Å²) in [5, 5.41) is 0. The molecule has 0 N–H and O–H groups in total. The van der Waals surface area contributed by atoms with Gasteiger partial charge in [0.05, 0.1) is 0 Å². The number of rotatable bonds is 3. The first kappa shape index (κ1) is 15.3. The Morgan fingerprint density at radius 2 is 1.65 bits per heavy atom. The van der Waals surface area contributed by atoms with Crippen LogP contribution < -0.4 is 4.90 Å². The van der Waals surface area contributed by atoms with Crippen LogP contribution in [0.2, 0.25) is 0 Å². The standard InChI is InChI=1S/C21H21NO/c1-21(2)18-11-7-8-12-19(18)22(3)20(21)15-17(23)14-13-16-9-5-4-6-10-16/h4-15H,1-3H3. The normalized spacial score (nSPS) is 17.7. The van der Waals surface area contributed by atoms with E-state index in [1.165, 1.54) is 11.3 Å². The molecule has 0 amide bonds. The van der Waals surface area contributed by atoms with Crippen LogP contribution in [0.3, 0.4) is 0 Å². The summed E-state index contributed by atoms with van der Waals surface area (Å²) in [6, 6.07) is 18.2. The van der Waals surface area contributed by atoms with E-state index in [2.05, 4.69) is 36.9 Å². The first-order valence-electron chi connectivity index (χ1n) is 7.82. The van der Waals surface area contributed by atoms with Crippen molar-refractivity contribution in [1.82, 2.24) is 0 Å². The zero-order chi connectivity index (χ0) is 16.4. The van der Waals surface area contributed by atoms with Gasteiger partial charge in [0, 0.05) is 29.9 Å². The molecular weight excluding hydrogens is 282 g/mol. The summed E-state index contributed by atoms with van der Waals surface area (Å²) in [5.41, 5.74) is 4.32. The zero-order valence-corrected chi connectivity index (χ0v) is 13.8. The van der Waals surface area contributed by atoms with Gasteiger partial charge in [-0.05, 0) is 23.3 Å². The summed E-state index contributed by atoms with van der Waals surface area (Å²) in [5.74, 6) is 0.0107. The number of carbonyl (C=O) groups is 1. The van der Waals surface area contributed by atoms with E-state index in [1.54, 1.807) is 12.2 Å². The minimum absolute atomic E-state index is 0.0107. The summed E-state index contributed by atoms with van der Waals surface area (Å²) in [6.07, 6.45) is 5.24. The maximum Gasteiger partial charge on any atom is 0.180 e. The van der Waals surface area contributed by atoms with Crippen LogP contribution in [0.25, 0.3) is 6.08 Å². The lowest BCUT2D eigenvalue weighted by molar-refractivity contribution is -0.110. The van der Waals surface area contributed by atoms with Crippen molar-refractivity contribution in [2.24, 2.45) is 0 Å². The molecule has 1 heterocycles. The van der Waals surface area contributed by atoms with E-state index in [0.717, 1.165) is 11.3 Å². The lowest BCUT2D eigenvalue weighted by atomic mass is 9.83. The van der Waals surface area contributed by atoms with Gasteiger partial charge in [-0.25, -0.2) is 0 Å². The van der Waals surface area contributed by atoms with Crippen LogP contribution in [0.15, 0.2) is 72.4 Å². The Kier molecular flexibility index (Phi) is 3.91. The lowest BCUT2D eigenvalue weighted by Gasteiger charge is -2.23. The number of hydrogen-bond acceptors (Lipinski definition) is 2. The summed E-state index contributed by atoms with van der Waals surface area (Å²) < 4.78 is 0. The second-order valence-corrected chi connectivity index (χ2v) is 6.38. The largest absolute Gasteiger partial charge is 0.347 e. The van der Waals surface area contributed by atoms with E-state index in [1.807, 2.05) is 49.5 Å². The van der Waals surface area contributed by atoms with Gasteiger partial charge in [0.15, 0.2) is 5.78 Å². The van der Waals surface area contributed by atoms with Gasteiger partial charge in [0.1, 0.15) is 0 Å². The molecule has 2 nitrogen and oxygen atoms in total. The van der Waals surface area contributed by atoms with Crippen LogP contribution in [0.4, 0.5) is 5.69 Å². The average Bonchev–Trinajstić information content (AvgIpc) is 2.75. The molecule has 23 heavy (non-hydrogen) atoms. The van der Waals surface area contributed by atoms with Gasteiger partial charge < -0.3 is 4.90 Å². The second kappa shape index (κ2) is 5.88. The highest BCUT2D eigenvalue weighted by Gasteiger charge is 2.38. The molecule has 0 aromatic heterocycles. The van der Waals surface area contributed by atoms with Crippen LogP contribution in [0, 0.1) is 0 Å². The fourth-order valence-electron chi connectivity index (χ4n) is 3.18. The first-order chi connectivity index (χ1) is 11.0. The fourth-order valence-corrected chi connectivity index (χ4v) is 3.18. The summed E-state index contributed by atoms with van der Waals surface area (Å²) in [6.45, 7) is 4.32. The predicted molar refractivity (Wildman–Crippen MR) is 96.4 cm³/mol. The number of anilines is 1. The van der Waals surface area contributed by atoms with Crippen molar-refractivity contribution in [3.05, 3.63) is 83.6 Å². The quantitative estimate of drug-likeness (QED) is 0.774. The molecule has 0 aliphatic carbocycles. The van der Waals surface area contributed by atoms with E-state index < -0.39 is 0 Å². The Hall–Kier alpha value is -2.61. The molecule has 0 unspecified atom stereocenters. The van der Waals surface area contributed by atoms with Crippen molar-refractivity contribution in [3.8, 4) is 0 Å². The smallest absolute Gasteiger partial charge is 0.180 e. The van der Waals surface area contributed by atoms with Crippen molar-refractivity contribution >= 4 is 17.5 Å². The van der Waals surface area contributed by atoms with Gasteiger partial charge >= 0.3 is 0 Å². The average molecular weight is 303 g/mol. The molecule has 1 aliphatic rings. The third kappa shape index (κ3) is 2.85. The van der Waals surface area contributed by atoms with Gasteiger partial charge in [-0.2, -0.15) is 0 Å². The van der Waals surface area contributed by atoms with Crippen molar-refractivity contribution < 1.29 is 4.79 Å². The van der Waals surface area contributed by atoms with Gasteiger partial charge in [-0.15, -0.1) is 0 Å². The van der Waals surface area contributed by atoms with Gasteiger partial charge in [0.25, 0.3) is 0 Å². The minimum atomic E-state index is -0.165. The number of hydrogen-bond donors (Lipinski definition) is 0. The Morgan fingerprint density at radius 1 is 1.00 bits per heavy atom. The van der Waals surface area contributed by atoms with E-state index in [9.17, 15) is 4.79 Å². The van der Waals surface area contributed by atoms with E-state index in [4.69, 9.17) is 0 Å². The number of carbonyl (C=O) groups excluding carboxylic acids is 1. The summed E-state index contributed by atoms with van der Waals surface area (Å²) in [7, 11) is 2.02. The molecule has 116 valence electrons. The molecule has 2 aromatic carbocycles. The van der Waals surface area contributed by atoms with E-state index in [-0.39, 0.29) is 11.2 Å². The van der Waals surface area contributed by atoms with Crippen LogP contribution in [0.5, 0.6) is 0 Å². The molecular formula is C21H21NO. The minimum Gasteiger partial charge on any atom is -0.347 e. The maximum atomic E-state index is 12.4. The maximum absolute atomic E-state index is 12.4. The molecule has 2 aromatic rings. The van der Waals surface area contributed by atoms with Crippen LogP contribution in [0.1, 0.15) is 25.0 Å².